The highest BCUT2D eigenvalue weighted by Gasteiger charge is 2.41. The number of ketones is 1. The Hall–Kier alpha value is -0.870. The van der Waals surface area contributed by atoms with Crippen molar-refractivity contribution in [3.8, 4) is 0 Å². The maximum absolute atomic E-state index is 12.1. The quantitative estimate of drug-likeness (QED) is 0.852. The number of H-pyrrole nitrogens is 1. The van der Waals surface area contributed by atoms with Gasteiger partial charge in [0.2, 0.25) is 0 Å². The van der Waals surface area contributed by atoms with Gasteiger partial charge in [0.25, 0.3) is 0 Å². The molecule has 2 nitrogen and oxygen atoms in total. The van der Waals surface area contributed by atoms with Crippen molar-refractivity contribution in [1.29, 1.82) is 0 Å². The standard InChI is InChI=1S/C14H15NOS2/c1-17-14(18-2)8-9(16)7-11-10-5-3-4-6-12(10)15-13(11)14/h3-6,15H,7-8H2,1-2H3. The highest BCUT2D eigenvalue weighted by Crippen LogP contribution is 2.51. The average Bonchev–Trinajstić information content (AvgIpc) is 2.77. The van der Waals surface area contributed by atoms with Crippen LogP contribution in [0.1, 0.15) is 17.7 Å². The van der Waals surface area contributed by atoms with Gasteiger partial charge in [-0.05, 0) is 24.1 Å². The second kappa shape index (κ2) is 4.35. The van der Waals surface area contributed by atoms with E-state index in [9.17, 15) is 4.79 Å². The summed E-state index contributed by atoms with van der Waals surface area (Å²) in [7, 11) is 0. The van der Waals surface area contributed by atoms with Crippen LogP contribution in [0.2, 0.25) is 0 Å². The molecule has 1 heterocycles. The Kier molecular flexibility index (Phi) is 2.94. The van der Waals surface area contributed by atoms with Gasteiger partial charge in [-0.3, -0.25) is 4.79 Å². The molecule has 3 rings (SSSR count). The summed E-state index contributed by atoms with van der Waals surface area (Å²) in [5.41, 5.74) is 3.58. The molecule has 0 atom stereocenters. The van der Waals surface area contributed by atoms with E-state index in [0.717, 1.165) is 5.52 Å². The van der Waals surface area contributed by atoms with Crippen LogP contribution in [0.3, 0.4) is 0 Å². The molecule has 1 aliphatic rings. The zero-order chi connectivity index (χ0) is 12.8. The number of hydrogen-bond donors (Lipinski definition) is 1. The van der Waals surface area contributed by atoms with Crippen LogP contribution in [0.5, 0.6) is 0 Å². The predicted molar refractivity (Wildman–Crippen MR) is 80.3 cm³/mol. The second-order valence-electron chi connectivity index (χ2n) is 4.58. The van der Waals surface area contributed by atoms with Crippen LogP contribution in [0.15, 0.2) is 24.3 Å². The van der Waals surface area contributed by atoms with Crippen LogP contribution in [0.4, 0.5) is 0 Å². The molecule has 0 fully saturated rings. The molecule has 1 N–H and O–H groups in total. The number of carbonyl (C=O) groups excluding carboxylic acids is 1. The van der Waals surface area contributed by atoms with Crippen LogP contribution in [-0.4, -0.2) is 23.3 Å². The van der Waals surface area contributed by atoms with Gasteiger partial charge in [-0.2, -0.15) is 0 Å². The molecule has 1 aliphatic carbocycles. The average molecular weight is 277 g/mol. The number of aromatic nitrogens is 1. The van der Waals surface area contributed by atoms with Crippen LogP contribution in [0.25, 0.3) is 10.9 Å². The molecule has 1 aromatic carbocycles. The van der Waals surface area contributed by atoms with Crippen molar-refractivity contribution in [2.45, 2.75) is 16.9 Å². The van der Waals surface area contributed by atoms with E-state index in [0.29, 0.717) is 18.6 Å². The maximum atomic E-state index is 12.1. The third-order valence-corrected chi connectivity index (χ3v) is 6.67. The van der Waals surface area contributed by atoms with E-state index < -0.39 is 0 Å². The van der Waals surface area contributed by atoms with Gasteiger partial charge >= 0.3 is 0 Å². The minimum absolute atomic E-state index is 0.135. The van der Waals surface area contributed by atoms with Crippen molar-refractivity contribution in [3.63, 3.8) is 0 Å². The number of nitrogens with one attached hydrogen (secondary N) is 1. The number of benzene rings is 1. The third-order valence-electron chi connectivity index (χ3n) is 3.66. The second-order valence-corrected chi connectivity index (χ2v) is 7.05. The fourth-order valence-electron chi connectivity index (χ4n) is 2.75. The first-order chi connectivity index (χ1) is 8.70. The Balaban J connectivity index is 2.31. The van der Waals surface area contributed by atoms with E-state index in [-0.39, 0.29) is 4.08 Å². The molecule has 4 heteroatoms. The van der Waals surface area contributed by atoms with E-state index in [1.54, 1.807) is 23.5 Å². The van der Waals surface area contributed by atoms with Crippen molar-refractivity contribution in [1.82, 2.24) is 4.98 Å². The van der Waals surface area contributed by atoms with Gasteiger partial charge in [-0.15, -0.1) is 23.5 Å². The number of carbonyl (C=O) groups is 1. The van der Waals surface area contributed by atoms with Gasteiger partial charge in [-0.25, -0.2) is 0 Å². The number of aromatic amines is 1. The third kappa shape index (κ3) is 1.62. The number of para-hydroxylation sites is 1. The van der Waals surface area contributed by atoms with Crippen molar-refractivity contribution in [2.24, 2.45) is 0 Å². The van der Waals surface area contributed by atoms with Crippen molar-refractivity contribution < 1.29 is 4.79 Å². The lowest BCUT2D eigenvalue weighted by atomic mass is 9.93. The van der Waals surface area contributed by atoms with Gasteiger partial charge in [0.05, 0.1) is 0 Å². The van der Waals surface area contributed by atoms with Gasteiger partial charge in [-0.1, -0.05) is 18.2 Å². The Bertz CT molecular complexity index is 613. The first kappa shape index (κ1) is 12.2. The molecule has 0 aliphatic heterocycles. The molecule has 0 radical (unpaired) electrons. The van der Waals surface area contributed by atoms with E-state index in [4.69, 9.17) is 0 Å². The van der Waals surface area contributed by atoms with E-state index in [1.165, 1.54) is 16.6 Å². The number of fused-ring (bicyclic) bond motifs is 3. The molecular formula is C14H15NOS2. The molecule has 0 spiro atoms. The monoisotopic (exact) mass is 277 g/mol. The predicted octanol–water partition coefficient (Wildman–Crippen LogP) is 3.56. The normalized spacial score (nSPS) is 18.0. The van der Waals surface area contributed by atoms with Gasteiger partial charge in [0.1, 0.15) is 9.86 Å². The van der Waals surface area contributed by atoms with Crippen molar-refractivity contribution >= 4 is 40.2 Å². The molecule has 0 saturated heterocycles. The van der Waals surface area contributed by atoms with E-state index >= 15 is 0 Å². The Morgan fingerprint density at radius 1 is 1.22 bits per heavy atom. The maximum Gasteiger partial charge on any atom is 0.140 e. The fourth-order valence-corrected chi connectivity index (χ4v) is 4.78. The molecule has 0 bridgehead atoms. The molecule has 2 aromatic rings. The van der Waals surface area contributed by atoms with Gasteiger partial charge in [0, 0.05) is 29.4 Å². The van der Waals surface area contributed by atoms with Gasteiger partial charge < -0.3 is 4.98 Å². The van der Waals surface area contributed by atoms with Crippen LogP contribution in [0, 0.1) is 0 Å². The number of thioether (sulfide) groups is 2. The van der Waals surface area contributed by atoms with E-state index in [2.05, 4.69) is 29.6 Å². The fraction of sp³-hybridized carbons (Fsp3) is 0.357. The zero-order valence-corrected chi connectivity index (χ0v) is 12.1. The minimum Gasteiger partial charge on any atom is -0.356 e. The summed E-state index contributed by atoms with van der Waals surface area (Å²) in [6.07, 6.45) is 5.37. The van der Waals surface area contributed by atoms with Crippen LogP contribution >= 0.6 is 23.5 Å². The highest BCUT2D eigenvalue weighted by molar-refractivity contribution is 8.16. The highest BCUT2D eigenvalue weighted by atomic mass is 32.2. The molecular weight excluding hydrogens is 262 g/mol. The number of hydrogen-bond acceptors (Lipinski definition) is 3. The number of rotatable bonds is 2. The Morgan fingerprint density at radius 2 is 1.94 bits per heavy atom. The van der Waals surface area contributed by atoms with Gasteiger partial charge in [0.15, 0.2) is 0 Å². The lowest BCUT2D eigenvalue weighted by Crippen LogP contribution is -2.29. The molecule has 0 unspecified atom stereocenters. The lowest BCUT2D eigenvalue weighted by molar-refractivity contribution is -0.119. The summed E-state index contributed by atoms with van der Waals surface area (Å²) >= 11 is 3.53. The molecule has 1 aromatic heterocycles. The molecule has 18 heavy (non-hydrogen) atoms. The largest absolute Gasteiger partial charge is 0.356 e. The summed E-state index contributed by atoms with van der Waals surface area (Å²) < 4.78 is -0.135. The topological polar surface area (TPSA) is 32.9 Å². The summed E-state index contributed by atoms with van der Waals surface area (Å²) in [6, 6.07) is 8.26. The first-order valence-corrected chi connectivity index (χ1v) is 8.37. The zero-order valence-electron chi connectivity index (χ0n) is 10.4. The Labute approximate surface area is 115 Å². The summed E-state index contributed by atoms with van der Waals surface area (Å²) in [5, 5.41) is 1.20. The smallest absolute Gasteiger partial charge is 0.140 e. The molecule has 0 amide bonds. The summed E-state index contributed by atoms with van der Waals surface area (Å²) in [4.78, 5) is 15.6. The SMILES string of the molecule is CSC1(SC)CC(=O)Cc2c1[nH]c1ccccc21. The van der Waals surface area contributed by atoms with E-state index in [1.807, 2.05) is 12.1 Å². The summed E-state index contributed by atoms with van der Waals surface area (Å²) in [6.45, 7) is 0. The number of Topliss-reactive ketones (excluding diaryl/α,β-unsaturated/α-hetero) is 1. The van der Waals surface area contributed by atoms with Crippen LogP contribution < -0.4 is 0 Å². The summed E-state index contributed by atoms with van der Waals surface area (Å²) in [5.74, 6) is 0.343. The lowest BCUT2D eigenvalue weighted by Gasteiger charge is -2.33. The first-order valence-electron chi connectivity index (χ1n) is 5.92. The minimum atomic E-state index is -0.135. The van der Waals surface area contributed by atoms with Crippen LogP contribution in [-0.2, 0) is 15.3 Å². The Morgan fingerprint density at radius 3 is 2.67 bits per heavy atom. The van der Waals surface area contributed by atoms with Crippen molar-refractivity contribution in [3.05, 3.63) is 35.5 Å². The molecule has 94 valence electrons. The van der Waals surface area contributed by atoms with Crippen molar-refractivity contribution in [2.75, 3.05) is 12.5 Å². The molecule has 0 saturated carbocycles.